The molecular formula is C11H20N2O3. The zero-order valence-corrected chi connectivity index (χ0v) is 10.0. The van der Waals surface area contributed by atoms with Crippen molar-refractivity contribution in [1.29, 1.82) is 0 Å². The summed E-state index contributed by atoms with van der Waals surface area (Å²) in [6.07, 6.45) is 2.25. The van der Waals surface area contributed by atoms with Gasteiger partial charge in [-0.3, -0.25) is 4.79 Å². The molecule has 3 N–H and O–H groups in total. The van der Waals surface area contributed by atoms with E-state index in [1.54, 1.807) is 13.8 Å². The van der Waals surface area contributed by atoms with Crippen molar-refractivity contribution >= 4 is 12.0 Å². The highest BCUT2D eigenvalue weighted by atomic mass is 16.4. The Morgan fingerprint density at radius 2 is 2.00 bits per heavy atom. The molecule has 5 heteroatoms. The number of hydrogen-bond donors (Lipinski definition) is 3. The summed E-state index contributed by atoms with van der Waals surface area (Å²) in [7, 11) is 0. The molecule has 1 aliphatic carbocycles. The summed E-state index contributed by atoms with van der Waals surface area (Å²) in [6.45, 7) is 5.37. The number of urea groups is 1. The molecule has 1 saturated carbocycles. The van der Waals surface area contributed by atoms with Crippen molar-refractivity contribution in [2.75, 3.05) is 0 Å². The molecular weight excluding hydrogens is 208 g/mol. The lowest BCUT2D eigenvalue weighted by Crippen LogP contribution is -2.51. The molecule has 92 valence electrons. The van der Waals surface area contributed by atoms with E-state index in [4.69, 9.17) is 5.11 Å². The quantitative estimate of drug-likeness (QED) is 0.664. The Labute approximate surface area is 95.6 Å². The lowest BCUT2D eigenvalue weighted by molar-refractivity contribution is -0.138. The molecule has 0 spiro atoms. The van der Waals surface area contributed by atoms with Crippen molar-refractivity contribution in [2.45, 2.75) is 51.6 Å². The van der Waals surface area contributed by atoms with Crippen LogP contribution in [0, 0.1) is 5.92 Å². The number of rotatable bonds is 5. The van der Waals surface area contributed by atoms with Crippen LogP contribution in [-0.2, 0) is 4.79 Å². The van der Waals surface area contributed by atoms with Gasteiger partial charge in [0.2, 0.25) is 0 Å². The highest BCUT2D eigenvalue weighted by Crippen LogP contribution is 2.32. The lowest BCUT2D eigenvalue weighted by Gasteiger charge is -2.25. The molecule has 1 fully saturated rings. The van der Waals surface area contributed by atoms with Crippen LogP contribution in [0.2, 0.25) is 0 Å². The van der Waals surface area contributed by atoms with Crippen LogP contribution in [0.25, 0.3) is 0 Å². The van der Waals surface area contributed by atoms with Gasteiger partial charge in [-0.25, -0.2) is 4.79 Å². The van der Waals surface area contributed by atoms with Crippen molar-refractivity contribution < 1.29 is 14.7 Å². The first-order valence-corrected chi connectivity index (χ1v) is 5.60. The number of carbonyl (C=O) groups is 2. The Kier molecular flexibility index (Phi) is 3.78. The molecule has 5 nitrogen and oxygen atoms in total. The van der Waals surface area contributed by atoms with E-state index in [0.717, 1.165) is 0 Å². The van der Waals surface area contributed by atoms with Crippen molar-refractivity contribution in [1.82, 2.24) is 10.6 Å². The Bertz CT molecular complexity index is 285. The zero-order valence-electron chi connectivity index (χ0n) is 10.0. The molecule has 1 aliphatic rings. The van der Waals surface area contributed by atoms with Crippen LogP contribution in [0.3, 0.4) is 0 Å². The number of hydrogen-bond acceptors (Lipinski definition) is 2. The van der Waals surface area contributed by atoms with Crippen molar-refractivity contribution in [3.05, 3.63) is 0 Å². The minimum absolute atomic E-state index is 0.0851. The maximum Gasteiger partial charge on any atom is 0.315 e. The van der Waals surface area contributed by atoms with E-state index in [2.05, 4.69) is 10.6 Å². The number of carboxylic acids is 1. The normalized spacial score (nSPS) is 17.7. The minimum Gasteiger partial charge on any atom is -0.481 e. The van der Waals surface area contributed by atoms with Gasteiger partial charge in [-0.1, -0.05) is 0 Å². The smallest absolute Gasteiger partial charge is 0.315 e. The fourth-order valence-corrected chi connectivity index (χ4v) is 1.69. The summed E-state index contributed by atoms with van der Waals surface area (Å²) >= 11 is 0. The van der Waals surface area contributed by atoms with Gasteiger partial charge in [0, 0.05) is 11.6 Å². The summed E-state index contributed by atoms with van der Waals surface area (Å²) in [5.41, 5.74) is -0.723. The van der Waals surface area contributed by atoms with Crippen LogP contribution in [0.5, 0.6) is 0 Å². The summed E-state index contributed by atoms with van der Waals surface area (Å²) in [6, 6.07) is -0.119. The molecule has 0 aliphatic heterocycles. The predicted molar refractivity (Wildman–Crippen MR) is 60.2 cm³/mol. The second-order valence-electron chi connectivity index (χ2n) is 5.18. The fourth-order valence-electron chi connectivity index (χ4n) is 1.69. The van der Waals surface area contributed by atoms with Gasteiger partial charge in [-0.05, 0) is 39.5 Å². The van der Waals surface area contributed by atoms with Crippen LogP contribution in [0.15, 0.2) is 0 Å². The maximum absolute atomic E-state index is 11.6. The first kappa shape index (κ1) is 12.8. The van der Waals surface area contributed by atoms with Gasteiger partial charge in [0.25, 0.3) is 0 Å². The first-order valence-electron chi connectivity index (χ1n) is 5.60. The molecule has 2 amide bonds. The monoisotopic (exact) mass is 228 g/mol. The number of carbonyl (C=O) groups excluding carboxylic acids is 1. The Morgan fingerprint density at radius 1 is 1.44 bits per heavy atom. The molecule has 1 rings (SSSR count). The first-order chi connectivity index (χ1) is 7.30. The summed E-state index contributed by atoms with van der Waals surface area (Å²) in [4.78, 5) is 22.1. The number of carboxylic acid groups (broad SMARTS) is 1. The average Bonchev–Trinajstić information content (AvgIpc) is 2.79. The number of nitrogens with one attached hydrogen (secondary N) is 2. The van der Waals surface area contributed by atoms with Gasteiger partial charge in [0.15, 0.2) is 0 Å². The molecule has 0 saturated heterocycles. The average molecular weight is 228 g/mol. The van der Waals surface area contributed by atoms with Crippen LogP contribution in [0.1, 0.15) is 40.0 Å². The Morgan fingerprint density at radius 3 is 2.44 bits per heavy atom. The minimum atomic E-state index is -0.916. The zero-order chi connectivity index (χ0) is 12.3. The van der Waals surface area contributed by atoms with Gasteiger partial charge in [0.1, 0.15) is 0 Å². The van der Waals surface area contributed by atoms with E-state index in [9.17, 15) is 9.59 Å². The second-order valence-corrected chi connectivity index (χ2v) is 5.18. The Hall–Kier alpha value is -1.26. The van der Waals surface area contributed by atoms with E-state index >= 15 is 0 Å². The SMILES string of the molecule is CC(NC(=O)NC(C)(C)CC(=O)O)C1CC1. The molecule has 1 atom stereocenters. The van der Waals surface area contributed by atoms with Crippen LogP contribution in [-0.4, -0.2) is 28.7 Å². The van der Waals surface area contributed by atoms with Gasteiger partial charge in [0.05, 0.1) is 6.42 Å². The van der Waals surface area contributed by atoms with E-state index in [-0.39, 0.29) is 18.5 Å². The van der Waals surface area contributed by atoms with Crippen molar-refractivity contribution in [2.24, 2.45) is 5.92 Å². The van der Waals surface area contributed by atoms with Crippen LogP contribution >= 0.6 is 0 Å². The molecule has 16 heavy (non-hydrogen) atoms. The number of amides is 2. The van der Waals surface area contributed by atoms with E-state index < -0.39 is 11.5 Å². The molecule has 0 aromatic carbocycles. The largest absolute Gasteiger partial charge is 0.481 e. The van der Waals surface area contributed by atoms with Crippen molar-refractivity contribution in [3.8, 4) is 0 Å². The maximum atomic E-state index is 11.6. The summed E-state index contributed by atoms with van der Waals surface area (Å²) in [5, 5.41) is 14.2. The van der Waals surface area contributed by atoms with Gasteiger partial charge in [-0.15, -0.1) is 0 Å². The predicted octanol–water partition coefficient (Wildman–Crippen LogP) is 1.34. The van der Waals surface area contributed by atoms with Crippen LogP contribution < -0.4 is 10.6 Å². The van der Waals surface area contributed by atoms with E-state index in [1.165, 1.54) is 12.8 Å². The van der Waals surface area contributed by atoms with Crippen molar-refractivity contribution in [3.63, 3.8) is 0 Å². The van der Waals surface area contributed by atoms with Gasteiger partial charge >= 0.3 is 12.0 Å². The van der Waals surface area contributed by atoms with Gasteiger partial charge in [-0.2, -0.15) is 0 Å². The van der Waals surface area contributed by atoms with Gasteiger partial charge < -0.3 is 15.7 Å². The molecule has 0 aromatic rings. The second kappa shape index (κ2) is 4.72. The fraction of sp³-hybridized carbons (Fsp3) is 0.818. The molecule has 0 bridgehead atoms. The molecule has 0 aromatic heterocycles. The number of aliphatic carboxylic acids is 1. The highest BCUT2D eigenvalue weighted by molar-refractivity contribution is 5.76. The standard InChI is InChI=1S/C11H20N2O3/c1-7(8-4-5-8)12-10(16)13-11(2,3)6-9(14)15/h7-8H,4-6H2,1-3H3,(H,14,15)(H2,12,13,16). The molecule has 1 unspecified atom stereocenters. The summed E-state index contributed by atoms with van der Waals surface area (Å²) < 4.78 is 0. The third-order valence-corrected chi connectivity index (χ3v) is 2.73. The topological polar surface area (TPSA) is 78.4 Å². The third-order valence-electron chi connectivity index (χ3n) is 2.73. The Balaban J connectivity index is 2.34. The van der Waals surface area contributed by atoms with Crippen LogP contribution in [0.4, 0.5) is 4.79 Å². The summed E-state index contributed by atoms with van der Waals surface area (Å²) in [5.74, 6) is -0.325. The molecule has 0 radical (unpaired) electrons. The molecule has 0 heterocycles. The lowest BCUT2D eigenvalue weighted by atomic mass is 10.0. The van der Waals surface area contributed by atoms with E-state index in [1.807, 2.05) is 6.92 Å². The highest BCUT2D eigenvalue weighted by Gasteiger charge is 2.30. The third kappa shape index (κ3) is 4.51. The van der Waals surface area contributed by atoms with E-state index in [0.29, 0.717) is 5.92 Å².